The summed E-state index contributed by atoms with van der Waals surface area (Å²) in [6.07, 6.45) is 0.895. The number of hydrogen-bond donors (Lipinski definition) is 2. The van der Waals surface area contributed by atoms with Gasteiger partial charge in [0.1, 0.15) is 5.75 Å². The molecule has 0 atom stereocenters. The van der Waals surface area contributed by atoms with Crippen molar-refractivity contribution in [2.24, 2.45) is 11.1 Å². The van der Waals surface area contributed by atoms with Gasteiger partial charge in [0.2, 0.25) is 10.0 Å². The fourth-order valence-corrected chi connectivity index (χ4v) is 2.87. The number of sulfonamides is 1. The molecule has 0 heterocycles. The second kappa shape index (κ2) is 6.56. The van der Waals surface area contributed by atoms with Crippen LogP contribution in [0, 0.1) is 5.41 Å². The first-order valence-corrected chi connectivity index (χ1v) is 8.10. The number of methoxy groups -OCH3 is 1. The van der Waals surface area contributed by atoms with Gasteiger partial charge in [-0.1, -0.05) is 20.8 Å². The average molecular weight is 300 g/mol. The van der Waals surface area contributed by atoms with Crippen LogP contribution in [0.4, 0.5) is 0 Å². The Hall–Kier alpha value is -1.11. The Labute approximate surface area is 121 Å². The normalized spacial score (nSPS) is 12.4. The number of hydrogen-bond acceptors (Lipinski definition) is 4. The quantitative estimate of drug-likeness (QED) is 0.805. The Morgan fingerprint density at radius 3 is 2.50 bits per heavy atom. The van der Waals surface area contributed by atoms with E-state index in [0.29, 0.717) is 17.9 Å². The van der Waals surface area contributed by atoms with E-state index in [9.17, 15) is 8.42 Å². The molecule has 3 N–H and O–H groups in total. The molecule has 5 nitrogen and oxygen atoms in total. The zero-order valence-electron chi connectivity index (χ0n) is 12.6. The van der Waals surface area contributed by atoms with Gasteiger partial charge in [-0.05, 0) is 30.0 Å². The van der Waals surface area contributed by atoms with Crippen molar-refractivity contribution in [1.29, 1.82) is 0 Å². The third-order valence-electron chi connectivity index (χ3n) is 3.48. The minimum absolute atomic E-state index is 0.0732. The minimum atomic E-state index is -3.52. The lowest BCUT2D eigenvalue weighted by atomic mass is 9.91. The summed E-state index contributed by atoms with van der Waals surface area (Å²) in [5.41, 5.74) is 6.21. The van der Waals surface area contributed by atoms with Crippen LogP contribution in [0.15, 0.2) is 23.1 Å². The first-order chi connectivity index (χ1) is 9.25. The topological polar surface area (TPSA) is 81.4 Å². The molecule has 0 aliphatic rings. The average Bonchev–Trinajstić information content (AvgIpc) is 2.44. The van der Waals surface area contributed by atoms with Gasteiger partial charge in [0.15, 0.2) is 0 Å². The molecule has 0 unspecified atom stereocenters. The molecule has 0 amide bonds. The number of benzene rings is 1. The summed E-state index contributed by atoms with van der Waals surface area (Å²) >= 11 is 0. The molecule has 1 rings (SSSR count). The van der Waals surface area contributed by atoms with Gasteiger partial charge >= 0.3 is 0 Å². The zero-order chi connectivity index (χ0) is 15.4. The van der Waals surface area contributed by atoms with E-state index in [1.165, 1.54) is 13.2 Å². The van der Waals surface area contributed by atoms with Gasteiger partial charge < -0.3 is 10.5 Å². The molecular weight excluding hydrogens is 276 g/mol. The smallest absolute Gasteiger partial charge is 0.240 e. The summed E-state index contributed by atoms with van der Waals surface area (Å²) in [7, 11) is -1.99. The molecule has 0 aliphatic heterocycles. The fraction of sp³-hybridized carbons (Fsp3) is 0.571. The van der Waals surface area contributed by atoms with Gasteiger partial charge in [-0.3, -0.25) is 0 Å². The lowest BCUT2D eigenvalue weighted by molar-refractivity contribution is 0.350. The SMILES string of the molecule is CCC(C)(C)CNS(=O)(=O)c1ccc(OC)c(CN)c1. The lowest BCUT2D eigenvalue weighted by Gasteiger charge is -2.23. The monoisotopic (exact) mass is 300 g/mol. The minimum Gasteiger partial charge on any atom is -0.496 e. The molecule has 1 aromatic carbocycles. The Bertz CT molecular complexity index is 554. The first kappa shape index (κ1) is 16.9. The number of nitrogens with two attached hydrogens (primary N) is 1. The fourth-order valence-electron chi connectivity index (χ4n) is 1.58. The van der Waals surface area contributed by atoms with E-state index in [0.717, 1.165) is 6.42 Å². The van der Waals surface area contributed by atoms with Crippen LogP contribution >= 0.6 is 0 Å². The van der Waals surface area contributed by atoms with Crippen LogP contribution < -0.4 is 15.2 Å². The van der Waals surface area contributed by atoms with Crippen LogP contribution in [0.1, 0.15) is 32.8 Å². The second-order valence-corrected chi connectivity index (χ2v) is 7.29. The highest BCUT2D eigenvalue weighted by molar-refractivity contribution is 7.89. The molecule has 0 spiro atoms. The van der Waals surface area contributed by atoms with Crippen LogP contribution in [-0.2, 0) is 16.6 Å². The third-order valence-corrected chi connectivity index (χ3v) is 4.88. The van der Waals surface area contributed by atoms with E-state index >= 15 is 0 Å². The Balaban J connectivity index is 2.98. The van der Waals surface area contributed by atoms with Crippen LogP contribution in [0.5, 0.6) is 5.75 Å². The summed E-state index contributed by atoms with van der Waals surface area (Å²) in [6.45, 7) is 6.71. The summed E-state index contributed by atoms with van der Waals surface area (Å²) in [4.78, 5) is 0.214. The Kier molecular flexibility index (Phi) is 5.56. The highest BCUT2D eigenvalue weighted by atomic mass is 32.2. The van der Waals surface area contributed by atoms with E-state index in [-0.39, 0.29) is 16.9 Å². The van der Waals surface area contributed by atoms with Crippen molar-refractivity contribution in [3.05, 3.63) is 23.8 Å². The van der Waals surface area contributed by atoms with Crippen molar-refractivity contribution in [3.63, 3.8) is 0 Å². The molecule has 20 heavy (non-hydrogen) atoms. The number of rotatable bonds is 7. The number of nitrogens with one attached hydrogen (secondary N) is 1. The van der Waals surface area contributed by atoms with Gasteiger partial charge in [0, 0.05) is 18.7 Å². The van der Waals surface area contributed by atoms with E-state index in [1.807, 2.05) is 20.8 Å². The summed E-state index contributed by atoms with van der Waals surface area (Å²) < 4.78 is 32.3. The van der Waals surface area contributed by atoms with Gasteiger partial charge in [-0.25, -0.2) is 13.1 Å². The van der Waals surface area contributed by atoms with Crippen molar-refractivity contribution in [2.45, 2.75) is 38.6 Å². The van der Waals surface area contributed by atoms with Crippen LogP contribution in [0.2, 0.25) is 0 Å². The Morgan fingerprint density at radius 1 is 1.35 bits per heavy atom. The molecule has 0 fully saturated rings. The Morgan fingerprint density at radius 2 is 2.00 bits per heavy atom. The predicted octanol–water partition coefficient (Wildman–Crippen LogP) is 1.87. The predicted molar refractivity (Wildman–Crippen MR) is 80.1 cm³/mol. The summed E-state index contributed by atoms with van der Waals surface area (Å²) in [5.74, 6) is 0.598. The van der Waals surface area contributed by atoms with Gasteiger partial charge in [-0.2, -0.15) is 0 Å². The van der Waals surface area contributed by atoms with Gasteiger partial charge in [-0.15, -0.1) is 0 Å². The summed E-state index contributed by atoms with van der Waals surface area (Å²) in [6, 6.07) is 4.71. The molecule has 6 heteroatoms. The maximum atomic E-state index is 12.3. The standard InChI is InChI=1S/C14H24N2O3S/c1-5-14(2,3)10-16-20(17,18)12-6-7-13(19-4)11(8-12)9-15/h6-8,16H,5,9-10,15H2,1-4H3. The van der Waals surface area contributed by atoms with E-state index in [4.69, 9.17) is 10.5 Å². The molecule has 0 saturated heterocycles. The van der Waals surface area contributed by atoms with Crippen molar-refractivity contribution >= 4 is 10.0 Å². The molecule has 0 saturated carbocycles. The van der Waals surface area contributed by atoms with Crippen molar-refractivity contribution in [2.75, 3.05) is 13.7 Å². The van der Waals surface area contributed by atoms with E-state index in [1.54, 1.807) is 12.1 Å². The molecular formula is C14H24N2O3S. The van der Waals surface area contributed by atoms with E-state index < -0.39 is 10.0 Å². The second-order valence-electron chi connectivity index (χ2n) is 5.52. The number of ether oxygens (including phenoxy) is 1. The molecule has 0 aliphatic carbocycles. The zero-order valence-corrected chi connectivity index (χ0v) is 13.4. The summed E-state index contributed by atoms with van der Waals surface area (Å²) in [5, 5.41) is 0. The van der Waals surface area contributed by atoms with Crippen LogP contribution in [0.3, 0.4) is 0 Å². The third kappa shape index (κ3) is 4.19. The highest BCUT2D eigenvalue weighted by Gasteiger charge is 2.21. The largest absolute Gasteiger partial charge is 0.496 e. The molecule has 0 radical (unpaired) electrons. The van der Waals surface area contributed by atoms with Crippen LogP contribution in [-0.4, -0.2) is 22.1 Å². The maximum Gasteiger partial charge on any atom is 0.240 e. The molecule has 114 valence electrons. The van der Waals surface area contributed by atoms with Crippen molar-refractivity contribution in [3.8, 4) is 5.75 Å². The van der Waals surface area contributed by atoms with Gasteiger partial charge in [0.05, 0.1) is 12.0 Å². The lowest BCUT2D eigenvalue weighted by Crippen LogP contribution is -2.33. The maximum absolute atomic E-state index is 12.3. The molecule has 0 bridgehead atoms. The van der Waals surface area contributed by atoms with Crippen molar-refractivity contribution in [1.82, 2.24) is 4.72 Å². The first-order valence-electron chi connectivity index (χ1n) is 6.62. The van der Waals surface area contributed by atoms with E-state index in [2.05, 4.69) is 4.72 Å². The highest BCUT2D eigenvalue weighted by Crippen LogP contribution is 2.23. The van der Waals surface area contributed by atoms with Crippen LogP contribution in [0.25, 0.3) is 0 Å². The van der Waals surface area contributed by atoms with Crippen molar-refractivity contribution < 1.29 is 13.2 Å². The molecule has 0 aromatic heterocycles. The molecule has 1 aromatic rings. The van der Waals surface area contributed by atoms with Gasteiger partial charge in [0.25, 0.3) is 0 Å².